The van der Waals surface area contributed by atoms with Crippen molar-refractivity contribution in [2.75, 3.05) is 0 Å². The Balaban J connectivity index is 2.18. The summed E-state index contributed by atoms with van der Waals surface area (Å²) >= 11 is 0. The number of non-ortho nitro benzene ring substituents is 1. The molecule has 0 heterocycles. The molecule has 0 aliphatic carbocycles. The Kier molecular flexibility index (Phi) is 3.97. The molecule has 110 valence electrons. The van der Waals surface area contributed by atoms with Gasteiger partial charge in [-0.15, -0.1) is 13.2 Å². The molecule has 0 spiro atoms. The lowest BCUT2D eigenvalue weighted by Gasteiger charge is -2.10. The van der Waals surface area contributed by atoms with Gasteiger partial charge in [0.05, 0.1) is 11.0 Å². The van der Waals surface area contributed by atoms with E-state index in [-0.39, 0.29) is 17.2 Å². The quantitative estimate of drug-likeness (QED) is 0.624. The average molecular weight is 299 g/mol. The first-order valence-electron chi connectivity index (χ1n) is 5.61. The number of benzene rings is 2. The Morgan fingerprint density at radius 3 is 2.14 bits per heavy atom. The topological polar surface area (TPSA) is 61.6 Å². The second-order valence-electron chi connectivity index (χ2n) is 3.88. The molecule has 0 radical (unpaired) electrons. The summed E-state index contributed by atoms with van der Waals surface area (Å²) < 4.78 is 45.3. The first-order valence-corrected chi connectivity index (χ1v) is 5.61. The predicted octanol–water partition coefficient (Wildman–Crippen LogP) is 4.29. The summed E-state index contributed by atoms with van der Waals surface area (Å²) in [5, 5.41) is 10.6. The van der Waals surface area contributed by atoms with Gasteiger partial charge in [-0.05, 0) is 18.2 Å². The van der Waals surface area contributed by atoms with Crippen molar-refractivity contribution in [1.29, 1.82) is 0 Å². The molecule has 0 saturated carbocycles. The zero-order chi connectivity index (χ0) is 15.5. The Morgan fingerprint density at radius 2 is 1.52 bits per heavy atom. The maximum absolute atomic E-state index is 12.1. The molecule has 0 aromatic heterocycles. The predicted molar refractivity (Wildman–Crippen MR) is 66.3 cm³/mol. The van der Waals surface area contributed by atoms with Crippen molar-refractivity contribution in [3.05, 3.63) is 58.6 Å². The summed E-state index contributed by atoms with van der Waals surface area (Å²) in [5.74, 6) is -0.240. The Hall–Kier alpha value is -2.77. The van der Waals surface area contributed by atoms with Gasteiger partial charge in [0, 0.05) is 12.1 Å². The molecule has 0 amide bonds. The van der Waals surface area contributed by atoms with Crippen LogP contribution in [0.1, 0.15) is 0 Å². The molecule has 0 N–H and O–H groups in total. The number of ether oxygens (including phenoxy) is 2. The van der Waals surface area contributed by atoms with E-state index in [0.29, 0.717) is 0 Å². The van der Waals surface area contributed by atoms with Crippen LogP contribution in [-0.2, 0) is 0 Å². The summed E-state index contributed by atoms with van der Waals surface area (Å²) in [6.45, 7) is 0. The molecule has 21 heavy (non-hydrogen) atoms. The van der Waals surface area contributed by atoms with Gasteiger partial charge in [-0.3, -0.25) is 10.1 Å². The van der Waals surface area contributed by atoms with Gasteiger partial charge in [-0.25, -0.2) is 0 Å². The van der Waals surface area contributed by atoms with Crippen LogP contribution in [0.4, 0.5) is 18.9 Å². The van der Waals surface area contributed by atoms with Crippen LogP contribution in [-0.4, -0.2) is 11.3 Å². The van der Waals surface area contributed by atoms with Gasteiger partial charge in [-0.2, -0.15) is 0 Å². The molecular formula is C13H8F3NO4. The van der Waals surface area contributed by atoms with E-state index in [2.05, 4.69) is 4.74 Å². The van der Waals surface area contributed by atoms with E-state index in [1.54, 1.807) is 0 Å². The molecule has 0 aliphatic heterocycles. The van der Waals surface area contributed by atoms with Gasteiger partial charge in [0.1, 0.15) is 17.2 Å². The zero-order valence-corrected chi connectivity index (χ0v) is 10.3. The van der Waals surface area contributed by atoms with E-state index >= 15 is 0 Å². The molecule has 0 fully saturated rings. The van der Waals surface area contributed by atoms with Crippen LogP contribution in [0.15, 0.2) is 48.5 Å². The van der Waals surface area contributed by atoms with Crippen molar-refractivity contribution in [3.8, 4) is 17.2 Å². The van der Waals surface area contributed by atoms with Gasteiger partial charge in [-0.1, -0.05) is 12.1 Å². The molecule has 5 nitrogen and oxygen atoms in total. The second-order valence-corrected chi connectivity index (χ2v) is 3.88. The monoisotopic (exact) mass is 299 g/mol. The smallest absolute Gasteiger partial charge is 0.457 e. The number of hydrogen-bond acceptors (Lipinski definition) is 4. The van der Waals surface area contributed by atoms with E-state index in [9.17, 15) is 23.3 Å². The van der Waals surface area contributed by atoms with E-state index in [4.69, 9.17) is 4.74 Å². The molecule has 2 rings (SSSR count). The number of hydrogen-bond donors (Lipinski definition) is 0. The normalized spacial score (nSPS) is 11.0. The van der Waals surface area contributed by atoms with Gasteiger partial charge >= 0.3 is 6.36 Å². The summed E-state index contributed by atoms with van der Waals surface area (Å²) in [4.78, 5) is 10.0. The molecular weight excluding hydrogens is 291 g/mol. The zero-order valence-electron chi connectivity index (χ0n) is 10.3. The summed E-state index contributed by atoms with van der Waals surface area (Å²) in [6.07, 6.45) is -4.80. The molecule has 2 aromatic carbocycles. The summed E-state index contributed by atoms with van der Waals surface area (Å²) in [6, 6.07) is 10.2. The van der Waals surface area contributed by atoms with Crippen molar-refractivity contribution in [2.24, 2.45) is 0 Å². The van der Waals surface area contributed by atoms with E-state index in [1.165, 1.54) is 30.3 Å². The lowest BCUT2D eigenvalue weighted by atomic mass is 10.3. The van der Waals surface area contributed by atoms with Gasteiger partial charge in [0.25, 0.3) is 5.69 Å². The van der Waals surface area contributed by atoms with E-state index in [0.717, 1.165) is 18.2 Å². The average Bonchev–Trinajstić information content (AvgIpc) is 2.37. The van der Waals surface area contributed by atoms with Crippen LogP contribution >= 0.6 is 0 Å². The summed E-state index contributed by atoms with van der Waals surface area (Å²) in [5.41, 5.74) is -0.185. The number of nitro groups is 1. The third kappa shape index (κ3) is 4.37. The molecule has 0 aliphatic rings. The second kappa shape index (κ2) is 5.70. The van der Waals surface area contributed by atoms with Crippen molar-refractivity contribution in [1.82, 2.24) is 0 Å². The lowest BCUT2D eigenvalue weighted by molar-refractivity contribution is -0.384. The highest BCUT2D eigenvalue weighted by molar-refractivity contribution is 5.42. The largest absolute Gasteiger partial charge is 0.573 e. The maximum atomic E-state index is 12.1. The van der Waals surface area contributed by atoms with Crippen LogP contribution < -0.4 is 9.47 Å². The van der Waals surface area contributed by atoms with Crippen LogP contribution in [0.25, 0.3) is 0 Å². The lowest BCUT2D eigenvalue weighted by Crippen LogP contribution is -2.16. The summed E-state index contributed by atoms with van der Waals surface area (Å²) in [7, 11) is 0. The first kappa shape index (κ1) is 14.6. The Labute approximate surface area is 116 Å². The van der Waals surface area contributed by atoms with E-state index in [1.807, 2.05) is 0 Å². The highest BCUT2D eigenvalue weighted by Gasteiger charge is 2.31. The minimum atomic E-state index is -4.80. The maximum Gasteiger partial charge on any atom is 0.573 e. The highest BCUT2D eigenvalue weighted by Crippen LogP contribution is 2.30. The number of nitro benzene ring substituents is 1. The van der Waals surface area contributed by atoms with Crippen LogP contribution in [0.3, 0.4) is 0 Å². The minimum Gasteiger partial charge on any atom is -0.457 e. The minimum absolute atomic E-state index is 0.0669. The molecule has 8 heteroatoms. The molecule has 0 saturated heterocycles. The van der Waals surface area contributed by atoms with E-state index < -0.39 is 17.0 Å². The number of nitrogens with zero attached hydrogens (tertiary/aromatic N) is 1. The number of alkyl halides is 3. The van der Waals surface area contributed by atoms with Crippen molar-refractivity contribution in [3.63, 3.8) is 0 Å². The molecule has 0 bridgehead atoms. The van der Waals surface area contributed by atoms with Gasteiger partial charge < -0.3 is 9.47 Å². The Bertz CT molecular complexity index is 658. The standard InChI is InChI=1S/C13H8F3NO4/c14-13(15,16)21-12-6-2-5-11(8-12)20-10-4-1-3-9(7-10)17(18)19/h1-8H. The molecule has 0 atom stereocenters. The van der Waals surface area contributed by atoms with Crippen molar-refractivity contribution >= 4 is 5.69 Å². The van der Waals surface area contributed by atoms with Gasteiger partial charge in [0.2, 0.25) is 0 Å². The molecule has 0 unspecified atom stereocenters. The van der Waals surface area contributed by atoms with Crippen LogP contribution in [0.2, 0.25) is 0 Å². The van der Waals surface area contributed by atoms with Crippen molar-refractivity contribution < 1.29 is 27.6 Å². The Morgan fingerprint density at radius 1 is 0.952 bits per heavy atom. The molecule has 2 aromatic rings. The SMILES string of the molecule is O=[N+]([O-])c1cccc(Oc2cccc(OC(F)(F)F)c2)c1. The van der Waals surface area contributed by atoms with Crippen LogP contribution in [0.5, 0.6) is 17.2 Å². The number of rotatable bonds is 4. The fourth-order valence-corrected chi connectivity index (χ4v) is 1.53. The third-order valence-corrected chi connectivity index (χ3v) is 2.30. The van der Waals surface area contributed by atoms with Gasteiger partial charge in [0.15, 0.2) is 0 Å². The fraction of sp³-hybridized carbons (Fsp3) is 0.0769. The third-order valence-electron chi connectivity index (χ3n) is 2.30. The first-order chi connectivity index (χ1) is 9.83. The van der Waals surface area contributed by atoms with Crippen LogP contribution in [0, 0.1) is 10.1 Å². The number of halogens is 3. The fourth-order valence-electron chi connectivity index (χ4n) is 1.53. The highest BCUT2D eigenvalue weighted by atomic mass is 19.4. The van der Waals surface area contributed by atoms with Crippen molar-refractivity contribution in [2.45, 2.75) is 6.36 Å².